The summed E-state index contributed by atoms with van der Waals surface area (Å²) in [6, 6.07) is 15.7. The fraction of sp³-hybridized carbons (Fsp3) is 0.562. The molecule has 1 saturated carbocycles. The number of halogens is 4. The molecule has 5 nitrogen and oxygen atoms in total. The van der Waals surface area contributed by atoms with E-state index in [1.54, 1.807) is 0 Å². The molecule has 2 aromatic carbocycles. The fourth-order valence-corrected chi connectivity index (χ4v) is 7.06. The Morgan fingerprint density at radius 2 is 1.56 bits per heavy atom. The van der Waals surface area contributed by atoms with Gasteiger partial charge in [-0.25, -0.2) is 0 Å². The maximum atomic E-state index is 13.5. The number of nitrogens with zero attached hydrogens (tertiary/aromatic N) is 3. The Bertz CT molecular complexity index is 1210. The lowest BCUT2D eigenvalue weighted by atomic mass is 9.76. The summed E-state index contributed by atoms with van der Waals surface area (Å²) < 4.78 is 38.7. The Kier molecular flexibility index (Phi) is 8.72. The number of rotatable bonds is 7. The summed E-state index contributed by atoms with van der Waals surface area (Å²) in [7, 11) is 0. The van der Waals surface area contributed by atoms with Gasteiger partial charge in [0, 0.05) is 45.1 Å². The molecule has 3 heterocycles. The number of carbonyl (C=O) groups is 2. The molecule has 0 aromatic heterocycles. The molecule has 2 amide bonds. The number of amides is 2. The van der Waals surface area contributed by atoms with Crippen LogP contribution in [0, 0.1) is 17.3 Å². The number of carbonyl (C=O) groups excluding carboxylic acids is 2. The van der Waals surface area contributed by atoms with Crippen LogP contribution in [-0.4, -0.2) is 65.8 Å². The topological polar surface area (TPSA) is 43.9 Å². The molecule has 4 fully saturated rings. The van der Waals surface area contributed by atoms with E-state index in [1.807, 2.05) is 11.0 Å². The Balaban J connectivity index is 0.00000337. The van der Waals surface area contributed by atoms with Crippen molar-refractivity contribution in [2.75, 3.05) is 39.3 Å². The van der Waals surface area contributed by atoms with Gasteiger partial charge in [0.05, 0.1) is 11.0 Å². The van der Waals surface area contributed by atoms with Crippen molar-refractivity contribution in [1.82, 2.24) is 14.7 Å². The lowest BCUT2D eigenvalue weighted by Crippen LogP contribution is -2.46. The fourth-order valence-electron chi connectivity index (χ4n) is 7.06. The second-order valence-corrected chi connectivity index (χ2v) is 12.5. The van der Waals surface area contributed by atoms with Crippen LogP contribution in [0.2, 0.25) is 0 Å². The van der Waals surface area contributed by atoms with E-state index >= 15 is 0 Å². The van der Waals surface area contributed by atoms with Crippen LogP contribution in [0.4, 0.5) is 13.2 Å². The van der Waals surface area contributed by atoms with Gasteiger partial charge in [0.2, 0.25) is 11.8 Å². The first-order valence-electron chi connectivity index (χ1n) is 14.7. The van der Waals surface area contributed by atoms with Crippen LogP contribution >= 0.6 is 12.4 Å². The summed E-state index contributed by atoms with van der Waals surface area (Å²) in [5, 5.41) is 0. The summed E-state index contributed by atoms with van der Waals surface area (Å²) in [5.74, 6) is 1.73. The second-order valence-electron chi connectivity index (χ2n) is 12.5. The zero-order valence-electron chi connectivity index (χ0n) is 23.3. The maximum absolute atomic E-state index is 13.5. The molecule has 0 bridgehead atoms. The molecule has 0 N–H and O–H groups in total. The summed E-state index contributed by atoms with van der Waals surface area (Å²) in [4.78, 5) is 32.8. The normalized spacial score (nSPS) is 24.6. The number of hydrogen-bond donors (Lipinski definition) is 0. The molecule has 1 spiro atoms. The Morgan fingerprint density at radius 3 is 2.20 bits per heavy atom. The number of piperidine rings is 1. The Labute approximate surface area is 246 Å². The van der Waals surface area contributed by atoms with E-state index in [2.05, 4.69) is 34.1 Å². The third-order valence-electron chi connectivity index (χ3n) is 9.74. The largest absolute Gasteiger partial charge is 0.416 e. The highest BCUT2D eigenvalue weighted by molar-refractivity contribution is 5.85. The van der Waals surface area contributed by atoms with Crippen LogP contribution in [0.15, 0.2) is 54.6 Å². The number of benzene rings is 2. The minimum absolute atomic E-state index is 0. The van der Waals surface area contributed by atoms with Gasteiger partial charge >= 0.3 is 6.18 Å². The maximum Gasteiger partial charge on any atom is 0.416 e. The van der Waals surface area contributed by atoms with Crippen molar-refractivity contribution in [2.24, 2.45) is 17.3 Å². The quantitative estimate of drug-likeness (QED) is 0.399. The molecular formula is C32H39ClF3N3O2. The molecule has 3 aliphatic heterocycles. The van der Waals surface area contributed by atoms with Gasteiger partial charge in [-0.1, -0.05) is 42.5 Å². The van der Waals surface area contributed by atoms with Gasteiger partial charge in [0.25, 0.3) is 0 Å². The third-order valence-corrected chi connectivity index (χ3v) is 9.74. The van der Waals surface area contributed by atoms with Crippen molar-refractivity contribution in [3.8, 4) is 0 Å². The molecule has 3 saturated heterocycles. The van der Waals surface area contributed by atoms with E-state index in [4.69, 9.17) is 0 Å². The Morgan fingerprint density at radius 1 is 0.902 bits per heavy atom. The average Bonchev–Trinajstić information content (AvgIpc) is 3.59. The van der Waals surface area contributed by atoms with Crippen molar-refractivity contribution in [1.29, 1.82) is 0 Å². The zero-order chi connectivity index (χ0) is 27.9. The second kappa shape index (κ2) is 12.0. The highest BCUT2D eigenvalue weighted by atomic mass is 35.5. The van der Waals surface area contributed by atoms with E-state index in [0.29, 0.717) is 43.2 Å². The van der Waals surface area contributed by atoms with E-state index in [0.717, 1.165) is 69.7 Å². The Hall–Kier alpha value is -2.58. The first-order chi connectivity index (χ1) is 19.2. The van der Waals surface area contributed by atoms with Gasteiger partial charge in [-0.05, 0) is 80.3 Å². The molecule has 4 aliphatic rings. The first kappa shape index (κ1) is 29.9. The van der Waals surface area contributed by atoms with Crippen molar-refractivity contribution >= 4 is 24.2 Å². The predicted molar refractivity (Wildman–Crippen MR) is 153 cm³/mol. The number of alkyl halides is 3. The minimum atomic E-state index is -4.36. The third kappa shape index (κ3) is 6.59. The molecule has 2 aromatic rings. The predicted octanol–water partition coefficient (Wildman–Crippen LogP) is 5.98. The van der Waals surface area contributed by atoms with Crippen LogP contribution < -0.4 is 0 Å². The summed E-state index contributed by atoms with van der Waals surface area (Å²) in [5.41, 5.74) is 1.00. The molecular weight excluding hydrogens is 551 g/mol. The summed E-state index contributed by atoms with van der Waals surface area (Å²) in [6.45, 7) is 5.22. The summed E-state index contributed by atoms with van der Waals surface area (Å²) >= 11 is 0. The van der Waals surface area contributed by atoms with Gasteiger partial charge in [0.15, 0.2) is 0 Å². The molecule has 6 rings (SSSR count). The van der Waals surface area contributed by atoms with Gasteiger partial charge in [-0.3, -0.25) is 9.59 Å². The minimum Gasteiger partial charge on any atom is -0.342 e. The molecule has 1 aliphatic carbocycles. The van der Waals surface area contributed by atoms with Gasteiger partial charge in [-0.15, -0.1) is 12.4 Å². The SMILES string of the molecule is Cl.O=C(CC1CC1)N1CC(CN2CCC3(CC2)CCN(Cc2ccc(C(F)(F)F)cc2)C3=O)C(c2ccccc2)C1. The lowest BCUT2D eigenvalue weighted by Gasteiger charge is -2.39. The standard InChI is InChI=1S/C32H38F3N3O2.ClH/c33-32(34,35)27-10-8-24(9-11-27)19-37-17-14-31(30(37)40)12-15-36(16-13-31)20-26-21-38(29(39)18-23-6-7-23)22-28(26)25-4-2-1-3-5-25;/h1-5,8-11,23,26,28H,6-7,12-22H2;1H. The van der Waals surface area contributed by atoms with Crippen LogP contribution in [0.5, 0.6) is 0 Å². The van der Waals surface area contributed by atoms with Crippen LogP contribution in [0.1, 0.15) is 61.1 Å². The molecule has 2 unspecified atom stereocenters. The van der Waals surface area contributed by atoms with Gasteiger partial charge in [0.1, 0.15) is 0 Å². The molecule has 9 heteroatoms. The van der Waals surface area contributed by atoms with E-state index < -0.39 is 11.7 Å². The molecule has 41 heavy (non-hydrogen) atoms. The van der Waals surface area contributed by atoms with Gasteiger partial charge in [-0.2, -0.15) is 13.2 Å². The molecule has 0 radical (unpaired) electrons. The first-order valence-corrected chi connectivity index (χ1v) is 14.7. The molecule has 2 atom stereocenters. The average molecular weight is 590 g/mol. The number of likely N-dealkylation sites (tertiary alicyclic amines) is 3. The van der Waals surface area contributed by atoms with Crippen molar-refractivity contribution in [2.45, 2.75) is 57.2 Å². The monoisotopic (exact) mass is 589 g/mol. The van der Waals surface area contributed by atoms with Crippen LogP contribution in [0.25, 0.3) is 0 Å². The van der Waals surface area contributed by atoms with E-state index in [1.165, 1.54) is 30.5 Å². The van der Waals surface area contributed by atoms with Crippen LogP contribution in [0.3, 0.4) is 0 Å². The summed E-state index contributed by atoms with van der Waals surface area (Å²) in [6.07, 6.45) is 1.11. The van der Waals surface area contributed by atoms with Gasteiger partial charge < -0.3 is 14.7 Å². The molecule has 222 valence electrons. The highest BCUT2D eigenvalue weighted by Gasteiger charge is 2.48. The van der Waals surface area contributed by atoms with E-state index in [9.17, 15) is 22.8 Å². The zero-order valence-corrected chi connectivity index (χ0v) is 24.1. The highest BCUT2D eigenvalue weighted by Crippen LogP contribution is 2.43. The van der Waals surface area contributed by atoms with Crippen molar-refractivity contribution < 1.29 is 22.8 Å². The van der Waals surface area contributed by atoms with Crippen molar-refractivity contribution in [3.63, 3.8) is 0 Å². The number of hydrogen-bond acceptors (Lipinski definition) is 3. The lowest BCUT2D eigenvalue weighted by molar-refractivity contribution is -0.139. The smallest absolute Gasteiger partial charge is 0.342 e. The van der Waals surface area contributed by atoms with Crippen LogP contribution in [-0.2, 0) is 22.3 Å². The van der Waals surface area contributed by atoms with Crippen molar-refractivity contribution in [3.05, 3.63) is 71.3 Å². The van der Waals surface area contributed by atoms with E-state index in [-0.39, 0.29) is 23.7 Å².